The Labute approximate surface area is 216 Å². The number of hydrogen-bond acceptors (Lipinski definition) is 7. The number of anilines is 4. The first-order chi connectivity index (χ1) is 18.0. The number of hydrogen-bond donors (Lipinski definition) is 0. The molecular formula is C29H29N3O5. The van der Waals surface area contributed by atoms with Gasteiger partial charge in [0.25, 0.3) is 5.69 Å². The Hall–Kier alpha value is -4.40. The van der Waals surface area contributed by atoms with Crippen LogP contribution in [0.1, 0.15) is 13.8 Å². The molecule has 37 heavy (non-hydrogen) atoms. The monoisotopic (exact) mass is 499 g/mol. The molecule has 8 nitrogen and oxygen atoms in total. The van der Waals surface area contributed by atoms with E-state index in [1.165, 1.54) is 17.4 Å². The first-order valence-electron chi connectivity index (χ1n) is 12.0. The van der Waals surface area contributed by atoms with E-state index in [0.29, 0.717) is 13.2 Å². The van der Waals surface area contributed by atoms with E-state index in [9.17, 15) is 10.1 Å². The Morgan fingerprint density at radius 1 is 0.649 bits per heavy atom. The molecule has 0 N–H and O–H groups in total. The first-order valence-corrected chi connectivity index (χ1v) is 12.0. The predicted octanol–water partition coefficient (Wildman–Crippen LogP) is 7.45. The van der Waals surface area contributed by atoms with E-state index in [1.54, 1.807) is 19.2 Å². The maximum absolute atomic E-state index is 11.1. The summed E-state index contributed by atoms with van der Waals surface area (Å²) in [5.41, 5.74) is 5.58. The average Bonchev–Trinajstić information content (AvgIpc) is 2.94. The molecule has 0 fully saturated rings. The fourth-order valence-electron chi connectivity index (χ4n) is 3.90. The van der Waals surface area contributed by atoms with Crippen LogP contribution in [-0.2, 0) is 9.68 Å². The zero-order valence-electron chi connectivity index (χ0n) is 21.0. The molecule has 0 aliphatic carbocycles. The van der Waals surface area contributed by atoms with Crippen molar-refractivity contribution in [3.05, 3.63) is 107 Å². The number of benzene rings is 4. The largest absolute Gasteiger partial charge is 0.497 e. The summed E-state index contributed by atoms with van der Waals surface area (Å²) in [7, 11) is 1.62. The Morgan fingerprint density at radius 2 is 1.05 bits per heavy atom. The van der Waals surface area contributed by atoms with Gasteiger partial charge in [-0.1, -0.05) is 24.3 Å². The van der Waals surface area contributed by atoms with Crippen LogP contribution in [0.3, 0.4) is 0 Å². The van der Waals surface area contributed by atoms with Crippen LogP contribution in [0.15, 0.2) is 97.1 Å². The molecule has 0 aliphatic heterocycles. The molecule has 0 atom stereocenters. The summed E-state index contributed by atoms with van der Waals surface area (Å²) in [4.78, 5) is 23.9. The molecule has 8 heteroatoms. The van der Waals surface area contributed by atoms with Crippen molar-refractivity contribution in [2.24, 2.45) is 0 Å². The number of nitrogens with zero attached hydrogens (tertiary/aromatic N) is 3. The minimum Gasteiger partial charge on any atom is -0.497 e. The van der Waals surface area contributed by atoms with Crippen molar-refractivity contribution >= 4 is 28.4 Å². The standard InChI is InChI=1S/C29H29N3O5/c1-4-36-32(37-5-2)28-12-8-23(9-13-28)22-6-10-24(11-7-22)30(26-18-20-29(35-3)21-19-26)25-14-16-27(17-15-25)31(33)34/h6-21H,4-5H2,1-3H3. The van der Waals surface area contributed by atoms with Gasteiger partial charge in [-0.15, -0.1) is 5.23 Å². The fourth-order valence-corrected chi connectivity index (χ4v) is 3.90. The molecule has 4 rings (SSSR count). The highest BCUT2D eigenvalue weighted by Crippen LogP contribution is 2.37. The second-order valence-electron chi connectivity index (χ2n) is 7.99. The van der Waals surface area contributed by atoms with Crippen molar-refractivity contribution < 1.29 is 19.3 Å². The van der Waals surface area contributed by atoms with Crippen LogP contribution < -0.4 is 14.9 Å². The van der Waals surface area contributed by atoms with Crippen LogP contribution >= 0.6 is 0 Å². The zero-order chi connectivity index (χ0) is 26.2. The van der Waals surface area contributed by atoms with Crippen molar-refractivity contribution in [2.75, 3.05) is 30.4 Å². The van der Waals surface area contributed by atoms with Crippen LogP contribution in [0.5, 0.6) is 5.75 Å². The number of ether oxygens (including phenoxy) is 1. The van der Waals surface area contributed by atoms with Gasteiger partial charge in [0, 0.05) is 29.2 Å². The number of rotatable bonds is 11. The summed E-state index contributed by atoms with van der Waals surface area (Å²) >= 11 is 0. The molecule has 0 saturated heterocycles. The normalized spacial score (nSPS) is 10.7. The summed E-state index contributed by atoms with van der Waals surface area (Å²) in [5, 5.41) is 12.6. The third-order valence-electron chi connectivity index (χ3n) is 5.68. The van der Waals surface area contributed by atoms with Gasteiger partial charge in [0.05, 0.1) is 30.9 Å². The highest BCUT2D eigenvalue weighted by molar-refractivity contribution is 5.79. The molecule has 0 amide bonds. The molecule has 0 unspecified atom stereocenters. The third-order valence-corrected chi connectivity index (χ3v) is 5.68. The molecule has 0 heterocycles. The van der Waals surface area contributed by atoms with Crippen LogP contribution in [0.4, 0.5) is 28.4 Å². The first kappa shape index (κ1) is 25.7. The minimum atomic E-state index is -0.399. The molecule has 0 aromatic heterocycles. The van der Waals surface area contributed by atoms with Crippen molar-refractivity contribution in [3.63, 3.8) is 0 Å². The second-order valence-corrected chi connectivity index (χ2v) is 7.99. The van der Waals surface area contributed by atoms with Crippen LogP contribution in [0, 0.1) is 10.1 Å². The topological polar surface area (TPSA) is 77.3 Å². The molecule has 0 aliphatic rings. The van der Waals surface area contributed by atoms with Crippen LogP contribution in [-0.4, -0.2) is 25.2 Å². The lowest BCUT2D eigenvalue weighted by Crippen LogP contribution is -2.23. The van der Waals surface area contributed by atoms with E-state index < -0.39 is 4.92 Å². The van der Waals surface area contributed by atoms with Gasteiger partial charge in [0.1, 0.15) is 5.75 Å². The smallest absolute Gasteiger partial charge is 0.269 e. The van der Waals surface area contributed by atoms with Gasteiger partial charge in [-0.05, 0) is 85.6 Å². The molecule has 190 valence electrons. The van der Waals surface area contributed by atoms with Crippen LogP contribution in [0.25, 0.3) is 11.1 Å². The maximum atomic E-state index is 11.1. The predicted molar refractivity (Wildman–Crippen MR) is 145 cm³/mol. The van der Waals surface area contributed by atoms with E-state index in [0.717, 1.165) is 39.6 Å². The second kappa shape index (κ2) is 12.0. The van der Waals surface area contributed by atoms with Gasteiger partial charge in [-0.25, -0.2) is 9.68 Å². The van der Waals surface area contributed by atoms with Gasteiger partial charge in [-0.3, -0.25) is 10.1 Å². The van der Waals surface area contributed by atoms with E-state index >= 15 is 0 Å². The minimum absolute atomic E-state index is 0.0458. The Bertz CT molecular complexity index is 1290. The lowest BCUT2D eigenvalue weighted by Gasteiger charge is -2.25. The Morgan fingerprint density at radius 3 is 1.46 bits per heavy atom. The van der Waals surface area contributed by atoms with E-state index in [4.69, 9.17) is 14.4 Å². The SMILES string of the molecule is CCON(OCC)c1ccc(-c2ccc(N(c3ccc(OC)cc3)c3ccc([N+](=O)[O-])cc3)cc2)cc1. The maximum Gasteiger partial charge on any atom is 0.269 e. The van der Waals surface area contributed by atoms with Crippen molar-refractivity contribution in [3.8, 4) is 16.9 Å². The Kier molecular flexibility index (Phi) is 8.35. The van der Waals surface area contributed by atoms with Gasteiger partial charge in [0.15, 0.2) is 0 Å². The summed E-state index contributed by atoms with van der Waals surface area (Å²) in [6.45, 7) is 4.83. The van der Waals surface area contributed by atoms with Crippen LogP contribution in [0.2, 0.25) is 0 Å². The molecule has 0 spiro atoms. The lowest BCUT2D eigenvalue weighted by molar-refractivity contribution is -0.384. The van der Waals surface area contributed by atoms with Gasteiger partial charge in [-0.2, -0.15) is 0 Å². The number of nitro groups is 1. The highest BCUT2D eigenvalue weighted by atomic mass is 16.9. The van der Waals surface area contributed by atoms with Crippen molar-refractivity contribution in [2.45, 2.75) is 13.8 Å². The summed E-state index contributed by atoms with van der Waals surface area (Å²) in [6.07, 6.45) is 0. The highest BCUT2D eigenvalue weighted by Gasteiger charge is 2.15. The number of non-ortho nitro benzene ring substituents is 1. The molecular weight excluding hydrogens is 470 g/mol. The van der Waals surface area contributed by atoms with Gasteiger partial charge in [0.2, 0.25) is 0 Å². The van der Waals surface area contributed by atoms with Gasteiger partial charge >= 0.3 is 0 Å². The van der Waals surface area contributed by atoms with Crippen molar-refractivity contribution in [1.29, 1.82) is 0 Å². The lowest BCUT2D eigenvalue weighted by atomic mass is 10.0. The molecule has 0 bridgehead atoms. The summed E-state index contributed by atoms with van der Waals surface area (Å²) in [6, 6.07) is 30.3. The quantitative estimate of drug-likeness (QED) is 0.157. The third kappa shape index (κ3) is 6.06. The number of methoxy groups -OCH3 is 1. The molecule has 0 radical (unpaired) electrons. The van der Waals surface area contributed by atoms with Crippen molar-refractivity contribution in [1.82, 2.24) is 0 Å². The fraction of sp³-hybridized carbons (Fsp3) is 0.172. The molecule has 4 aromatic rings. The molecule has 4 aromatic carbocycles. The Balaban J connectivity index is 1.64. The zero-order valence-corrected chi connectivity index (χ0v) is 21.0. The van der Waals surface area contributed by atoms with Gasteiger partial charge < -0.3 is 9.64 Å². The average molecular weight is 500 g/mol. The van der Waals surface area contributed by atoms with E-state index in [-0.39, 0.29) is 5.69 Å². The van der Waals surface area contributed by atoms with E-state index in [1.807, 2.05) is 79.4 Å². The number of nitro benzene ring substituents is 1. The summed E-state index contributed by atoms with van der Waals surface area (Å²) < 4.78 is 5.31. The molecule has 0 saturated carbocycles. The van der Waals surface area contributed by atoms with E-state index in [2.05, 4.69) is 12.1 Å². The summed E-state index contributed by atoms with van der Waals surface area (Å²) in [5.74, 6) is 0.749.